The van der Waals surface area contributed by atoms with Crippen LogP contribution in [-0.4, -0.2) is 59.1 Å². The topological polar surface area (TPSA) is 52.2 Å². The van der Waals surface area contributed by atoms with Crippen molar-refractivity contribution in [2.45, 2.75) is 12.5 Å². The number of fused-ring (bicyclic) bond motifs is 2. The molecule has 0 radical (unpaired) electrons. The average Bonchev–Trinajstić information content (AvgIpc) is 3.44. The Morgan fingerprint density at radius 1 is 1.21 bits per heavy atom. The largest absolute Gasteiger partial charge is 0.337 e. The van der Waals surface area contributed by atoms with Gasteiger partial charge in [0, 0.05) is 45.2 Å². The van der Waals surface area contributed by atoms with Crippen molar-refractivity contribution in [2.75, 3.05) is 27.2 Å². The molecule has 1 atom stereocenters. The summed E-state index contributed by atoms with van der Waals surface area (Å²) in [4.78, 5) is 18.5. The van der Waals surface area contributed by atoms with Crippen LogP contribution in [0.25, 0.3) is 31.4 Å². The van der Waals surface area contributed by atoms with Crippen molar-refractivity contribution >= 4 is 38.2 Å². The highest BCUT2D eigenvalue weighted by molar-refractivity contribution is 7.22. The number of nitrogens with one attached hydrogen (secondary N) is 1. The number of hydrogen-bond donors (Lipinski definition) is 1. The first-order valence-corrected chi connectivity index (χ1v) is 10.3. The molecular weight excluding hydrogens is 368 g/mol. The Kier molecular flexibility index (Phi) is 4.18. The van der Waals surface area contributed by atoms with Crippen LogP contribution in [0.1, 0.15) is 16.8 Å². The van der Waals surface area contributed by atoms with E-state index in [1.54, 1.807) is 17.5 Å². The highest BCUT2D eigenvalue weighted by Gasteiger charge is 2.28. The fraction of sp³-hybridized carbons (Fsp3) is 0.273. The van der Waals surface area contributed by atoms with E-state index >= 15 is 0 Å². The molecule has 0 aliphatic carbocycles. The molecule has 2 aromatic heterocycles. The maximum Gasteiger partial charge on any atom is 0.253 e. The maximum atomic E-state index is 13.2. The molecule has 1 fully saturated rings. The molecule has 6 heteroatoms. The third kappa shape index (κ3) is 2.89. The maximum absolute atomic E-state index is 13.2. The summed E-state index contributed by atoms with van der Waals surface area (Å²) in [6, 6.07) is 15.0. The van der Waals surface area contributed by atoms with E-state index in [2.05, 4.69) is 59.5 Å². The molecule has 1 saturated heterocycles. The molecule has 0 bridgehead atoms. The van der Waals surface area contributed by atoms with E-state index in [1.807, 2.05) is 17.0 Å². The molecular formula is C22H22N4OS. The number of rotatable bonds is 3. The van der Waals surface area contributed by atoms with Gasteiger partial charge in [0.05, 0.1) is 11.7 Å². The van der Waals surface area contributed by atoms with Crippen LogP contribution in [0.2, 0.25) is 0 Å². The fourth-order valence-corrected chi connectivity index (χ4v) is 5.11. The minimum Gasteiger partial charge on any atom is -0.337 e. The second-order valence-corrected chi connectivity index (χ2v) is 8.75. The molecule has 28 heavy (non-hydrogen) atoms. The second kappa shape index (κ2) is 6.72. The SMILES string of the molecule is CN(C)[C@@H]1CCN(C(=O)c2cc(-c3cc4ccccc4s3)c3[nH]ncc3c2)C1. The van der Waals surface area contributed by atoms with Gasteiger partial charge in [-0.2, -0.15) is 5.10 Å². The number of nitrogens with zero attached hydrogens (tertiary/aromatic N) is 3. The van der Waals surface area contributed by atoms with Gasteiger partial charge in [-0.25, -0.2) is 0 Å². The Balaban J connectivity index is 1.57. The highest BCUT2D eigenvalue weighted by atomic mass is 32.1. The molecule has 0 unspecified atom stereocenters. The van der Waals surface area contributed by atoms with Crippen molar-refractivity contribution < 1.29 is 4.79 Å². The number of hydrogen-bond acceptors (Lipinski definition) is 4. The molecule has 5 rings (SSSR count). The lowest BCUT2D eigenvalue weighted by atomic mass is 10.0. The van der Waals surface area contributed by atoms with E-state index in [0.29, 0.717) is 6.04 Å². The van der Waals surface area contributed by atoms with Crippen molar-refractivity contribution in [3.05, 3.63) is 54.2 Å². The number of aromatic nitrogens is 2. The number of H-pyrrole nitrogens is 1. The molecule has 1 N–H and O–H groups in total. The third-order valence-electron chi connectivity index (χ3n) is 5.67. The number of likely N-dealkylation sites (tertiary alicyclic amines) is 1. The van der Waals surface area contributed by atoms with Gasteiger partial charge in [0.2, 0.25) is 0 Å². The van der Waals surface area contributed by atoms with Crippen LogP contribution in [0.15, 0.2) is 48.7 Å². The number of likely N-dealkylation sites (N-methyl/N-ethyl adjacent to an activating group) is 1. The normalized spacial score (nSPS) is 17.2. The van der Waals surface area contributed by atoms with Gasteiger partial charge in [0.15, 0.2) is 0 Å². The third-order valence-corrected chi connectivity index (χ3v) is 6.82. The van der Waals surface area contributed by atoms with Gasteiger partial charge in [-0.05, 0) is 50.2 Å². The van der Waals surface area contributed by atoms with Gasteiger partial charge in [0.1, 0.15) is 0 Å². The number of carbonyl (C=O) groups is 1. The van der Waals surface area contributed by atoms with Crippen molar-refractivity contribution in [1.82, 2.24) is 20.0 Å². The summed E-state index contributed by atoms with van der Waals surface area (Å²) in [6.07, 6.45) is 2.82. The minimum atomic E-state index is 0.106. The Bertz CT molecular complexity index is 1140. The first-order chi connectivity index (χ1) is 13.6. The fourth-order valence-electron chi connectivity index (χ4n) is 4.02. The minimum absolute atomic E-state index is 0.106. The number of thiophene rings is 1. The zero-order valence-electron chi connectivity index (χ0n) is 16.0. The van der Waals surface area contributed by atoms with Crippen molar-refractivity contribution in [1.29, 1.82) is 0 Å². The van der Waals surface area contributed by atoms with E-state index in [4.69, 9.17) is 0 Å². The number of amides is 1. The monoisotopic (exact) mass is 390 g/mol. The van der Waals surface area contributed by atoms with E-state index in [0.717, 1.165) is 46.4 Å². The lowest BCUT2D eigenvalue weighted by Crippen LogP contribution is -2.34. The predicted molar refractivity (Wildman–Crippen MR) is 115 cm³/mol. The van der Waals surface area contributed by atoms with Crippen LogP contribution < -0.4 is 0 Å². The quantitative estimate of drug-likeness (QED) is 0.570. The molecule has 1 aliphatic rings. The number of aromatic amines is 1. The molecule has 2 aromatic carbocycles. The van der Waals surface area contributed by atoms with Gasteiger partial charge >= 0.3 is 0 Å². The summed E-state index contributed by atoms with van der Waals surface area (Å²) in [7, 11) is 4.16. The number of carbonyl (C=O) groups excluding carboxylic acids is 1. The Morgan fingerprint density at radius 3 is 2.86 bits per heavy atom. The van der Waals surface area contributed by atoms with Gasteiger partial charge in [0.25, 0.3) is 5.91 Å². The molecule has 142 valence electrons. The Hall–Kier alpha value is -2.70. The lowest BCUT2D eigenvalue weighted by molar-refractivity contribution is 0.0783. The predicted octanol–water partition coefficient (Wildman–Crippen LogP) is 4.22. The Morgan fingerprint density at radius 2 is 2.07 bits per heavy atom. The molecule has 0 saturated carbocycles. The molecule has 0 spiro atoms. The smallest absolute Gasteiger partial charge is 0.253 e. The zero-order chi connectivity index (χ0) is 19.3. The van der Waals surface area contributed by atoms with Gasteiger partial charge in [-0.15, -0.1) is 11.3 Å². The summed E-state index contributed by atoms with van der Waals surface area (Å²) in [5, 5.41) is 9.53. The van der Waals surface area contributed by atoms with Crippen molar-refractivity contribution in [2.24, 2.45) is 0 Å². The number of benzene rings is 2. The standard InChI is InChI=1S/C22H22N4OS/c1-25(2)17-7-8-26(13-17)22(27)15-9-16-12-23-24-21(16)18(10-15)20-11-14-5-3-4-6-19(14)28-20/h3-6,9-12,17H,7-8,13H2,1-2H3,(H,23,24)/t17-/m1/s1. The van der Waals surface area contributed by atoms with Gasteiger partial charge in [-0.1, -0.05) is 18.2 Å². The van der Waals surface area contributed by atoms with Crippen LogP contribution in [0.4, 0.5) is 0 Å². The summed E-state index contributed by atoms with van der Waals surface area (Å²) >= 11 is 1.75. The summed E-state index contributed by atoms with van der Waals surface area (Å²) < 4.78 is 1.25. The van der Waals surface area contributed by atoms with Gasteiger partial charge in [-0.3, -0.25) is 9.89 Å². The first kappa shape index (κ1) is 17.4. The van der Waals surface area contributed by atoms with Crippen LogP contribution in [0, 0.1) is 0 Å². The van der Waals surface area contributed by atoms with E-state index in [-0.39, 0.29) is 5.91 Å². The van der Waals surface area contributed by atoms with Crippen LogP contribution >= 0.6 is 11.3 Å². The van der Waals surface area contributed by atoms with Crippen molar-refractivity contribution in [3.63, 3.8) is 0 Å². The van der Waals surface area contributed by atoms with Crippen LogP contribution in [0.3, 0.4) is 0 Å². The first-order valence-electron chi connectivity index (χ1n) is 9.52. The Labute approximate surface area is 167 Å². The molecule has 5 nitrogen and oxygen atoms in total. The van der Waals surface area contributed by atoms with Crippen LogP contribution in [0.5, 0.6) is 0 Å². The van der Waals surface area contributed by atoms with Crippen molar-refractivity contribution in [3.8, 4) is 10.4 Å². The molecule has 3 heterocycles. The molecule has 4 aromatic rings. The second-order valence-electron chi connectivity index (χ2n) is 7.66. The van der Waals surface area contributed by atoms with Crippen LogP contribution in [-0.2, 0) is 0 Å². The van der Waals surface area contributed by atoms with Gasteiger partial charge < -0.3 is 9.80 Å². The van der Waals surface area contributed by atoms with E-state index in [1.165, 1.54) is 10.1 Å². The summed E-state index contributed by atoms with van der Waals surface area (Å²) in [5.41, 5.74) is 2.76. The summed E-state index contributed by atoms with van der Waals surface area (Å²) in [6.45, 7) is 1.59. The van der Waals surface area contributed by atoms with E-state index in [9.17, 15) is 4.79 Å². The molecule has 1 aliphatic heterocycles. The lowest BCUT2D eigenvalue weighted by Gasteiger charge is -2.20. The highest BCUT2D eigenvalue weighted by Crippen LogP contribution is 2.37. The van der Waals surface area contributed by atoms with E-state index < -0.39 is 0 Å². The zero-order valence-corrected chi connectivity index (χ0v) is 16.8. The summed E-state index contributed by atoms with van der Waals surface area (Å²) in [5.74, 6) is 0.106. The molecule has 1 amide bonds. The average molecular weight is 391 g/mol.